The zero-order valence-corrected chi connectivity index (χ0v) is 15.6. The molecule has 0 saturated carbocycles. The molecule has 0 bridgehead atoms. The fourth-order valence-corrected chi connectivity index (χ4v) is 3.63. The minimum atomic E-state index is -4.82. The highest BCUT2D eigenvalue weighted by Gasteiger charge is 2.35. The first kappa shape index (κ1) is 21.3. The smallest absolute Gasteiger partial charge is 0.361 e. The number of carbonyl (C=O) groups excluding carboxylic acids is 1. The number of sulfonamides is 1. The lowest BCUT2D eigenvalue weighted by atomic mass is 10.1. The summed E-state index contributed by atoms with van der Waals surface area (Å²) < 4.78 is 71.2. The molecule has 11 heteroatoms. The summed E-state index contributed by atoms with van der Waals surface area (Å²) in [5.41, 5.74) is -0.599. The van der Waals surface area contributed by atoms with Crippen LogP contribution >= 0.6 is 11.6 Å². The van der Waals surface area contributed by atoms with Crippen molar-refractivity contribution in [1.82, 2.24) is 9.71 Å². The maximum Gasteiger partial charge on any atom is 0.417 e. The molecule has 0 amide bonds. The number of benzene rings is 1. The number of hydrogen-bond acceptors (Lipinski definition) is 5. The van der Waals surface area contributed by atoms with E-state index in [4.69, 9.17) is 16.3 Å². The van der Waals surface area contributed by atoms with Gasteiger partial charge >= 0.3 is 6.18 Å². The van der Waals surface area contributed by atoms with Crippen LogP contribution in [0.2, 0.25) is 5.02 Å². The Labute approximate surface area is 158 Å². The first-order valence-corrected chi connectivity index (χ1v) is 9.19. The zero-order valence-electron chi connectivity index (χ0n) is 14.0. The van der Waals surface area contributed by atoms with Crippen LogP contribution in [0.25, 0.3) is 0 Å². The predicted octanol–water partition coefficient (Wildman–Crippen LogP) is 3.50. The fraction of sp³-hybridized carbons (Fsp3) is 0.250. The van der Waals surface area contributed by atoms with Gasteiger partial charge in [-0.1, -0.05) is 11.6 Å². The molecule has 0 aliphatic rings. The van der Waals surface area contributed by atoms with E-state index >= 15 is 0 Å². The van der Waals surface area contributed by atoms with Gasteiger partial charge in [0.05, 0.1) is 15.5 Å². The van der Waals surface area contributed by atoms with Gasteiger partial charge in [-0.05, 0) is 36.8 Å². The Morgan fingerprint density at radius 3 is 2.52 bits per heavy atom. The molecule has 2 rings (SSSR count). The second kappa shape index (κ2) is 7.93. The summed E-state index contributed by atoms with van der Waals surface area (Å²) in [5, 5.41) is -0.629. The maximum atomic E-state index is 13.0. The molecule has 1 N–H and O–H groups in total. The highest BCUT2D eigenvalue weighted by molar-refractivity contribution is 7.89. The molecule has 1 unspecified atom stereocenters. The second-order valence-electron chi connectivity index (χ2n) is 5.48. The van der Waals surface area contributed by atoms with Crippen molar-refractivity contribution >= 4 is 27.9 Å². The molecule has 2 aromatic rings. The lowest BCUT2D eigenvalue weighted by Gasteiger charge is -2.19. The Balaban J connectivity index is 2.46. The highest BCUT2D eigenvalue weighted by Crippen LogP contribution is 2.36. The normalized spacial score (nSPS) is 13.4. The van der Waals surface area contributed by atoms with E-state index in [-0.39, 0.29) is 11.3 Å². The van der Waals surface area contributed by atoms with Gasteiger partial charge in [0.1, 0.15) is 11.9 Å². The average Bonchev–Trinajstić information content (AvgIpc) is 2.58. The molecular weight excluding hydrogens is 409 g/mol. The van der Waals surface area contributed by atoms with Crippen molar-refractivity contribution in [2.24, 2.45) is 0 Å². The van der Waals surface area contributed by atoms with Crippen molar-refractivity contribution < 1.29 is 31.1 Å². The number of methoxy groups -OCH3 is 1. The van der Waals surface area contributed by atoms with Gasteiger partial charge in [0, 0.05) is 18.9 Å². The lowest BCUT2D eigenvalue weighted by Crippen LogP contribution is -2.31. The summed E-state index contributed by atoms with van der Waals surface area (Å²) in [6, 6.07) is 3.68. The van der Waals surface area contributed by atoms with Crippen LogP contribution in [-0.2, 0) is 20.9 Å². The van der Waals surface area contributed by atoms with E-state index < -0.39 is 37.9 Å². The third-order valence-electron chi connectivity index (χ3n) is 3.53. The SMILES string of the molecule is COC(NS(=O)(=O)c1ccc(Cl)c(C(F)(F)F)c1)c1cc(C)cnc1C=O. The standard InChI is InChI=1S/C16H14ClF3N2O4S/c1-9-5-11(14(8-23)21-7-9)15(26-2)22-27(24,25)10-3-4-13(17)12(6-10)16(18,19)20/h3-8,15,22H,1-2H3. The van der Waals surface area contributed by atoms with Gasteiger partial charge < -0.3 is 4.74 Å². The molecule has 1 aromatic carbocycles. The predicted molar refractivity (Wildman–Crippen MR) is 90.9 cm³/mol. The van der Waals surface area contributed by atoms with Crippen molar-refractivity contribution in [1.29, 1.82) is 0 Å². The number of aryl methyl sites for hydroxylation is 1. The third-order valence-corrected chi connectivity index (χ3v) is 5.26. The van der Waals surface area contributed by atoms with Crippen molar-refractivity contribution in [3.05, 3.63) is 57.9 Å². The van der Waals surface area contributed by atoms with Gasteiger partial charge in [-0.2, -0.15) is 17.9 Å². The Bertz CT molecular complexity index is 965. The molecule has 1 heterocycles. The van der Waals surface area contributed by atoms with E-state index in [1.54, 1.807) is 6.92 Å². The molecular formula is C16H14ClF3N2O4S. The first-order valence-electron chi connectivity index (χ1n) is 7.33. The van der Waals surface area contributed by atoms with Gasteiger partial charge in [0.2, 0.25) is 10.0 Å². The maximum absolute atomic E-state index is 13.0. The van der Waals surface area contributed by atoms with Gasteiger partial charge in [0.25, 0.3) is 0 Å². The van der Waals surface area contributed by atoms with Gasteiger partial charge in [-0.25, -0.2) is 8.42 Å². The fourth-order valence-electron chi connectivity index (χ4n) is 2.25. The zero-order chi connectivity index (χ0) is 20.4. The van der Waals surface area contributed by atoms with Gasteiger partial charge in [-0.3, -0.25) is 9.78 Å². The van der Waals surface area contributed by atoms with Crippen LogP contribution in [-0.4, -0.2) is 26.8 Å². The Kier molecular flexibility index (Phi) is 6.25. The van der Waals surface area contributed by atoms with E-state index in [1.807, 2.05) is 0 Å². The monoisotopic (exact) mass is 422 g/mol. The van der Waals surface area contributed by atoms with Crippen LogP contribution < -0.4 is 4.72 Å². The molecule has 0 aliphatic carbocycles. The van der Waals surface area contributed by atoms with Gasteiger partial charge in [-0.15, -0.1) is 0 Å². The molecule has 1 aromatic heterocycles. The van der Waals surface area contributed by atoms with Gasteiger partial charge in [0.15, 0.2) is 6.29 Å². The average molecular weight is 423 g/mol. The van der Waals surface area contributed by atoms with E-state index in [2.05, 4.69) is 9.71 Å². The van der Waals surface area contributed by atoms with Crippen molar-refractivity contribution in [2.75, 3.05) is 7.11 Å². The van der Waals surface area contributed by atoms with Crippen molar-refractivity contribution in [2.45, 2.75) is 24.2 Å². The second-order valence-corrected chi connectivity index (χ2v) is 7.60. The Morgan fingerprint density at radius 1 is 1.30 bits per heavy atom. The molecule has 0 fully saturated rings. The van der Waals surface area contributed by atoms with E-state index in [0.717, 1.165) is 12.1 Å². The molecule has 146 valence electrons. The summed E-state index contributed by atoms with van der Waals surface area (Å²) in [7, 11) is -3.26. The van der Waals surface area contributed by atoms with E-state index in [0.29, 0.717) is 17.9 Å². The Morgan fingerprint density at radius 2 is 1.96 bits per heavy atom. The van der Waals surface area contributed by atoms with Crippen LogP contribution in [0.15, 0.2) is 35.4 Å². The number of halogens is 4. The number of alkyl halides is 3. The summed E-state index contributed by atoms with van der Waals surface area (Å²) in [5.74, 6) is 0. The minimum absolute atomic E-state index is 0.0674. The highest BCUT2D eigenvalue weighted by atomic mass is 35.5. The molecule has 27 heavy (non-hydrogen) atoms. The summed E-state index contributed by atoms with van der Waals surface area (Å²) >= 11 is 5.51. The number of carbonyl (C=O) groups is 1. The number of nitrogens with one attached hydrogen (secondary N) is 1. The minimum Gasteiger partial charge on any atom is -0.361 e. The molecule has 0 saturated heterocycles. The van der Waals surface area contributed by atoms with Crippen molar-refractivity contribution in [3.8, 4) is 0 Å². The summed E-state index contributed by atoms with van der Waals surface area (Å²) in [6.45, 7) is 1.67. The number of ether oxygens (including phenoxy) is 1. The number of aldehydes is 1. The molecule has 6 nitrogen and oxygen atoms in total. The third kappa shape index (κ3) is 4.83. The number of nitrogens with zero attached hydrogens (tertiary/aromatic N) is 1. The summed E-state index contributed by atoms with van der Waals surface area (Å²) in [6.07, 6.45) is -4.34. The molecule has 0 radical (unpaired) electrons. The lowest BCUT2D eigenvalue weighted by molar-refractivity contribution is -0.137. The van der Waals surface area contributed by atoms with Crippen molar-refractivity contribution in [3.63, 3.8) is 0 Å². The van der Waals surface area contributed by atoms with E-state index in [9.17, 15) is 26.4 Å². The molecule has 1 atom stereocenters. The molecule has 0 aliphatic heterocycles. The Hall–Kier alpha value is -2.01. The topological polar surface area (TPSA) is 85.4 Å². The number of hydrogen-bond donors (Lipinski definition) is 1. The van der Waals surface area contributed by atoms with E-state index in [1.165, 1.54) is 19.4 Å². The van der Waals surface area contributed by atoms with Crippen LogP contribution in [0.1, 0.15) is 33.4 Å². The number of rotatable bonds is 6. The largest absolute Gasteiger partial charge is 0.417 e. The van der Waals surface area contributed by atoms with Crippen LogP contribution in [0.5, 0.6) is 0 Å². The quantitative estimate of drug-likeness (QED) is 0.569. The van der Waals surface area contributed by atoms with Crippen LogP contribution in [0.3, 0.4) is 0 Å². The summed E-state index contributed by atoms with van der Waals surface area (Å²) in [4.78, 5) is 14.4. The number of aromatic nitrogens is 1. The first-order chi connectivity index (χ1) is 12.5. The van der Waals surface area contributed by atoms with Crippen LogP contribution in [0.4, 0.5) is 13.2 Å². The molecule has 0 spiro atoms. The number of pyridine rings is 1. The van der Waals surface area contributed by atoms with Crippen LogP contribution in [0, 0.1) is 6.92 Å².